The van der Waals surface area contributed by atoms with Crippen LogP contribution in [0.2, 0.25) is 0 Å². The first-order valence-electron chi connectivity index (χ1n) is 5.59. The van der Waals surface area contributed by atoms with Crippen LogP contribution < -0.4 is 0 Å². The normalized spacial score (nSPS) is 25.0. The van der Waals surface area contributed by atoms with Crippen LogP contribution in [0.3, 0.4) is 0 Å². The predicted molar refractivity (Wildman–Crippen MR) is 58.6 cm³/mol. The number of carbonyl (C=O) groups is 1. The summed E-state index contributed by atoms with van der Waals surface area (Å²) in [6.07, 6.45) is -0.416. The number of hydrogen-bond acceptors (Lipinski definition) is 5. The van der Waals surface area contributed by atoms with E-state index in [1.54, 1.807) is 17.9 Å². The number of ether oxygens (including phenoxy) is 1. The Morgan fingerprint density at radius 2 is 2.41 bits per heavy atom. The van der Waals surface area contributed by atoms with Crippen LogP contribution in [0, 0.1) is 6.92 Å². The Morgan fingerprint density at radius 1 is 1.65 bits per heavy atom. The van der Waals surface area contributed by atoms with Crippen molar-refractivity contribution in [3.63, 3.8) is 0 Å². The van der Waals surface area contributed by atoms with Crippen LogP contribution in [-0.2, 0) is 4.74 Å². The minimum atomic E-state index is -0.327. The summed E-state index contributed by atoms with van der Waals surface area (Å²) in [6.45, 7) is 4.41. The lowest BCUT2D eigenvalue weighted by Gasteiger charge is -2.35. The summed E-state index contributed by atoms with van der Waals surface area (Å²) in [6, 6.07) is 1.61. The monoisotopic (exact) mass is 240 g/mol. The fourth-order valence-corrected chi connectivity index (χ4v) is 1.93. The Hall–Kier alpha value is -1.40. The maximum absolute atomic E-state index is 12.1. The molecule has 0 aliphatic carbocycles. The highest BCUT2D eigenvalue weighted by atomic mass is 16.5. The molecule has 6 nitrogen and oxygen atoms in total. The molecule has 2 rings (SSSR count). The molecule has 1 N–H and O–H groups in total. The molecule has 0 spiro atoms. The Balaban J connectivity index is 2.08. The van der Waals surface area contributed by atoms with E-state index in [1.807, 2.05) is 6.92 Å². The first-order chi connectivity index (χ1) is 8.10. The number of morpholine rings is 1. The van der Waals surface area contributed by atoms with Crippen molar-refractivity contribution >= 4 is 5.91 Å². The van der Waals surface area contributed by atoms with Crippen molar-refractivity contribution in [3.8, 4) is 0 Å². The second-order valence-electron chi connectivity index (χ2n) is 4.29. The molecule has 1 amide bonds. The van der Waals surface area contributed by atoms with Crippen LogP contribution in [0.5, 0.6) is 0 Å². The summed E-state index contributed by atoms with van der Waals surface area (Å²) in [7, 11) is 0. The molecule has 2 atom stereocenters. The predicted octanol–water partition coefficient (Wildman–Crippen LogP) is 0.205. The highest BCUT2D eigenvalue weighted by Gasteiger charge is 2.30. The maximum Gasteiger partial charge on any atom is 0.292 e. The molecule has 1 aromatic heterocycles. The Bertz CT molecular complexity index is 404. The van der Waals surface area contributed by atoms with Crippen LogP contribution in [0.4, 0.5) is 0 Å². The smallest absolute Gasteiger partial charge is 0.292 e. The van der Waals surface area contributed by atoms with E-state index in [-0.39, 0.29) is 30.5 Å². The number of amides is 1. The summed E-state index contributed by atoms with van der Waals surface area (Å²) in [5, 5.41) is 12.8. The van der Waals surface area contributed by atoms with Gasteiger partial charge >= 0.3 is 0 Å². The van der Waals surface area contributed by atoms with Gasteiger partial charge in [-0.15, -0.1) is 0 Å². The molecule has 1 aliphatic heterocycles. The molecule has 0 aromatic carbocycles. The molecule has 0 radical (unpaired) electrons. The third kappa shape index (κ3) is 2.65. The summed E-state index contributed by atoms with van der Waals surface area (Å²) >= 11 is 0. The summed E-state index contributed by atoms with van der Waals surface area (Å²) in [5.41, 5.74) is 0.674. The minimum absolute atomic E-state index is 0.0890. The average Bonchev–Trinajstić information content (AvgIpc) is 2.74. The molecule has 1 aliphatic rings. The van der Waals surface area contributed by atoms with Crippen molar-refractivity contribution < 1.29 is 19.2 Å². The summed E-state index contributed by atoms with van der Waals surface area (Å²) in [5.74, 6) is 0.0208. The molecular weight excluding hydrogens is 224 g/mol. The topological polar surface area (TPSA) is 75.8 Å². The number of rotatable bonds is 2. The molecular formula is C11H16N2O4. The van der Waals surface area contributed by atoms with Crippen molar-refractivity contribution in [1.29, 1.82) is 0 Å². The van der Waals surface area contributed by atoms with Gasteiger partial charge in [-0.3, -0.25) is 4.79 Å². The molecule has 17 heavy (non-hydrogen) atoms. The van der Waals surface area contributed by atoms with Crippen LogP contribution in [0.1, 0.15) is 23.2 Å². The van der Waals surface area contributed by atoms with Crippen LogP contribution in [0.15, 0.2) is 10.6 Å². The molecule has 0 bridgehead atoms. The van der Waals surface area contributed by atoms with Gasteiger partial charge in [-0.2, -0.15) is 0 Å². The van der Waals surface area contributed by atoms with Crippen molar-refractivity contribution in [3.05, 3.63) is 17.5 Å². The number of aromatic nitrogens is 1. The highest BCUT2D eigenvalue weighted by molar-refractivity contribution is 5.91. The third-order valence-corrected chi connectivity index (χ3v) is 2.66. The van der Waals surface area contributed by atoms with Gasteiger partial charge in [0.25, 0.3) is 5.91 Å². The van der Waals surface area contributed by atoms with Gasteiger partial charge in [-0.25, -0.2) is 0 Å². The highest BCUT2D eigenvalue weighted by Crippen LogP contribution is 2.14. The van der Waals surface area contributed by atoms with Gasteiger partial charge in [-0.1, -0.05) is 5.16 Å². The Morgan fingerprint density at radius 3 is 3.00 bits per heavy atom. The molecule has 6 heteroatoms. The second kappa shape index (κ2) is 4.85. The molecule has 1 fully saturated rings. The molecule has 1 aromatic rings. The first-order valence-corrected chi connectivity index (χ1v) is 5.59. The van der Waals surface area contributed by atoms with Crippen molar-refractivity contribution in [2.24, 2.45) is 0 Å². The number of aliphatic hydroxyl groups is 1. The zero-order valence-corrected chi connectivity index (χ0v) is 9.92. The first kappa shape index (κ1) is 12.1. The minimum Gasteiger partial charge on any atom is -0.394 e. The molecule has 0 saturated carbocycles. The van der Waals surface area contributed by atoms with Gasteiger partial charge in [0.2, 0.25) is 5.76 Å². The molecule has 2 heterocycles. The average molecular weight is 240 g/mol. The van der Waals surface area contributed by atoms with Crippen LogP contribution in [0.25, 0.3) is 0 Å². The number of carbonyl (C=O) groups excluding carboxylic acids is 1. The Kier molecular flexibility index (Phi) is 3.44. The van der Waals surface area contributed by atoms with E-state index in [1.165, 1.54) is 0 Å². The van der Waals surface area contributed by atoms with E-state index in [0.717, 1.165) is 0 Å². The van der Waals surface area contributed by atoms with E-state index >= 15 is 0 Å². The number of aryl methyl sites for hydroxylation is 1. The van der Waals surface area contributed by atoms with Gasteiger partial charge in [0.1, 0.15) is 0 Å². The number of aliphatic hydroxyl groups excluding tert-OH is 1. The lowest BCUT2D eigenvalue weighted by atomic mass is 10.2. The fourth-order valence-electron chi connectivity index (χ4n) is 1.93. The largest absolute Gasteiger partial charge is 0.394 e. The van der Waals surface area contributed by atoms with E-state index < -0.39 is 0 Å². The van der Waals surface area contributed by atoms with Crippen molar-refractivity contribution in [2.45, 2.75) is 26.1 Å². The number of hydrogen-bond donors (Lipinski definition) is 1. The molecule has 1 saturated heterocycles. The van der Waals surface area contributed by atoms with E-state index in [0.29, 0.717) is 18.8 Å². The standard InChI is InChI=1S/C11H16N2O4/c1-7-3-10(17-12-7)11(15)13-4-8(2)16-9(5-13)6-14/h3,8-9,14H,4-6H2,1-2H3. The third-order valence-electron chi connectivity index (χ3n) is 2.66. The van der Waals surface area contributed by atoms with Gasteiger partial charge in [0.05, 0.1) is 24.5 Å². The maximum atomic E-state index is 12.1. The summed E-state index contributed by atoms with van der Waals surface area (Å²) < 4.78 is 10.4. The van der Waals surface area contributed by atoms with Gasteiger partial charge in [0.15, 0.2) is 0 Å². The van der Waals surface area contributed by atoms with Crippen LogP contribution in [-0.4, -0.2) is 53.0 Å². The second-order valence-corrected chi connectivity index (χ2v) is 4.29. The summed E-state index contributed by atoms with van der Waals surface area (Å²) in [4.78, 5) is 13.7. The van der Waals surface area contributed by atoms with E-state index in [4.69, 9.17) is 14.4 Å². The zero-order chi connectivity index (χ0) is 12.4. The lowest BCUT2D eigenvalue weighted by Crippen LogP contribution is -2.50. The zero-order valence-electron chi connectivity index (χ0n) is 9.92. The quantitative estimate of drug-likeness (QED) is 0.799. The van der Waals surface area contributed by atoms with Gasteiger partial charge in [-0.05, 0) is 13.8 Å². The van der Waals surface area contributed by atoms with E-state index in [9.17, 15) is 4.79 Å². The molecule has 2 unspecified atom stereocenters. The Labute approximate surface area is 99.1 Å². The lowest BCUT2D eigenvalue weighted by molar-refractivity contribution is -0.0863. The van der Waals surface area contributed by atoms with E-state index in [2.05, 4.69) is 5.16 Å². The number of nitrogens with zero attached hydrogens (tertiary/aromatic N) is 2. The van der Waals surface area contributed by atoms with Crippen LogP contribution >= 0.6 is 0 Å². The van der Waals surface area contributed by atoms with Gasteiger partial charge < -0.3 is 19.3 Å². The molecule has 94 valence electrons. The van der Waals surface area contributed by atoms with Crippen molar-refractivity contribution in [2.75, 3.05) is 19.7 Å². The fraction of sp³-hybridized carbons (Fsp3) is 0.636. The van der Waals surface area contributed by atoms with Crippen molar-refractivity contribution in [1.82, 2.24) is 10.1 Å². The van der Waals surface area contributed by atoms with Gasteiger partial charge in [0, 0.05) is 19.2 Å². The SMILES string of the molecule is Cc1cc(C(=O)N2CC(C)OC(CO)C2)on1.